The van der Waals surface area contributed by atoms with Gasteiger partial charge in [-0.15, -0.1) is 0 Å². The molecule has 0 heterocycles. The van der Waals surface area contributed by atoms with Crippen molar-refractivity contribution < 1.29 is 0 Å². The maximum absolute atomic E-state index is 5.68. The van der Waals surface area contributed by atoms with Gasteiger partial charge in [-0.05, 0) is 30.7 Å². The first-order valence-electron chi connectivity index (χ1n) is 4.20. The Morgan fingerprint density at radius 2 is 2.23 bits per heavy atom. The second kappa shape index (κ2) is 4.84. The Hall–Kier alpha value is -1.07. The number of anilines is 1. The van der Waals surface area contributed by atoms with Gasteiger partial charge in [0.25, 0.3) is 0 Å². The summed E-state index contributed by atoms with van der Waals surface area (Å²) in [5.41, 5.74) is 8.61. The number of benzene rings is 1. The molecule has 1 rings (SSSR count). The topological polar surface area (TPSA) is 26.0 Å². The lowest BCUT2D eigenvalue weighted by molar-refractivity contribution is 1.31. The smallest absolute Gasteiger partial charge is 0.0344 e. The van der Waals surface area contributed by atoms with Crippen LogP contribution < -0.4 is 5.73 Å². The molecule has 2 N–H and O–H groups in total. The number of aryl methyl sites for hydroxylation is 1. The van der Waals surface area contributed by atoms with Crippen LogP contribution in [0, 0.1) is 18.8 Å². The number of thiol groups is 1. The molecule has 2 heteroatoms. The average molecular weight is 191 g/mol. The molecular weight excluding hydrogens is 178 g/mol. The summed E-state index contributed by atoms with van der Waals surface area (Å²) >= 11 is 4.08. The normalized spacial score (nSPS) is 9.08. The first-order chi connectivity index (χ1) is 6.24. The van der Waals surface area contributed by atoms with Gasteiger partial charge in [-0.25, -0.2) is 0 Å². The van der Waals surface area contributed by atoms with Crippen LogP contribution in [-0.2, 0) is 0 Å². The Bertz CT molecular complexity index is 347. The molecule has 0 spiro atoms. The van der Waals surface area contributed by atoms with E-state index in [1.54, 1.807) is 0 Å². The summed E-state index contributed by atoms with van der Waals surface area (Å²) in [5.74, 6) is 6.90. The zero-order valence-electron chi connectivity index (χ0n) is 7.67. The third-order valence-corrected chi connectivity index (χ3v) is 1.96. The van der Waals surface area contributed by atoms with Gasteiger partial charge >= 0.3 is 0 Å². The second-order valence-electron chi connectivity index (χ2n) is 2.85. The van der Waals surface area contributed by atoms with Crippen molar-refractivity contribution in [2.45, 2.75) is 13.3 Å². The molecular formula is C11H13NS. The average Bonchev–Trinajstić information content (AvgIpc) is 2.12. The van der Waals surface area contributed by atoms with E-state index in [0.717, 1.165) is 29.0 Å². The molecule has 0 unspecified atom stereocenters. The highest BCUT2D eigenvalue weighted by molar-refractivity contribution is 7.80. The molecule has 1 nitrogen and oxygen atoms in total. The maximum Gasteiger partial charge on any atom is 0.0344 e. The van der Waals surface area contributed by atoms with Crippen molar-refractivity contribution in [3.05, 3.63) is 29.3 Å². The quantitative estimate of drug-likeness (QED) is 0.397. The Labute approximate surface area is 84.8 Å². The lowest BCUT2D eigenvalue weighted by Crippen LogP contribution is -1.89. The van der Waals surface area contributed by atoms with Crippen molar-refractivity contribution in [2.24, 2.45) is 0 Å². The highest BCUT2D eigenvalue weighted by Crippen LogP contribution is 2.11. The third-order valence-electron chi connectivity index (χ3n) is 1.74. The van der Waals surface area contributed by atoms with Crippen LogP contribution in [0.5, 0.6) is 0 Å². The van der Waals surface area contributed by atoms with E-state index in [4.69, 9.17) is 5.73 Å². The Balaban J connectivity index is 2.81. The minimum atomic E-state index is 0.807. The summed E-state index contributed by atoms with van der Waals surface area (Å²) in [6.45, 7) is 1.99. The predicted molar refractivity (Wildman–Crippen MR) is 60.9 cm³/mol. The summed E-state index contributed by atoms with van der Waals surface area (Å²) in [4.78, 5) is 0. The number of hydrogen-bond donors (Lipinski definition) is 2. The van der Waals surface area contributed by atoms with Crippen LogP contribution in [0.3, 0.4) is 0 Å². The van der Waals surface area contributed by atoms with Crippen LogP contribution in [0.15, 0.2) is 18.2 Å². The van der Waals surface area contributed by atoms with Gasteiger partial charge in [0.1, 0.15) is 0 Å². The van der Waals surface area contributed by atoms with Crippen LogP contribution >= 0.6 is 12.6 Å². The molecule has 0 aliphatic carbocycles. The van der Waals surface area contributed by atoms with Crippen LogP contribution in [-0.4, -0.2) is 5.75 Å². The highest BCUT2D eigenvalue weighted by atomic mass is 32.1. The monoisotopic (exact) mass is 191 g/mol. The SMILES string of the molecule is Cc1cc(C#CCCS)ccc1N. The molecule has 0 amide bonds. The summed E-state index contributed by atoms with van der Waals surface area (Å²) in [5, 5.41) is 0. The van der Waals surface area contributed by atoms with Crippen molar-refractivity contribution >= 4 is 18.3 Å². The Kier molecular flexibility index (Phi) is 3.72. The van der Waals surface area contributed by atoms with Gasteiger partial charge in [0.15, 0.2) is 0 Å². The van der Waals surface area contributed by atoms with Crippen LogP contribution in [0.1, 0.15) is 17.5 Å². The fourth-order valence-corrected chi connectivity index (χ4v) is 1.09. The largest absolute Gasteiger partial charge is 0.399 e. The minimum Gasteiger partial charge on any atom is -0.399 e. The van der Waals surface area contributed by atoms with Gasteiger partial charge in [0.2, 0.25) is 0 Å². The van der Waals surface area contributed by atoms with E-state index in [9.17, 15) is 0 Å². The molecule has 13 heavy (non-hydrogen) atoms. The van der Waals surface area contributed by atoms with Gasteiger partial charge in [-0.2, -0.15) is 12.6 Å². The molecule has 1 aromatic rings. The molecule has 68 valence electrons. The molecule has 0 fully saturated rings. The molecule has 0 aliphatic rings. The standard InChI is InChI=1S/C11H13NS/c1-9-8-10(4-2-3-7-13)5-6-11(9)12/h5-6,8,13H,3,7,12H2,1H3. The van der Waals surface area contributed by atoms with Crippen LogP contribution in [0.25, 0.3) is 0 Å². The molecule has 0 saturated carbocycles. The number of nitrogen functional groups attached to an aromatic ring is 1. The van der Waals surface area contributed by atoms with Gasteiger partial charge < -0.3 is 5.73 Å². The Morgan fingerprint density at radius 1 is 1.46 bits per heavy atom. The second-order valence-corrected chi connectivity index (χ2v) is 3.29. The predicted octanol–water partition coefficient (Wildman–Crippen LogP) is 2.25. The highest BCUT2D eigenvalue weighted by Gasteiger charge is 1.92. The summed E-state index contributed by atoms with van der Waals surface area (Å²) < 4.78 is 0. The zero-order chi connectivity index (χ0) is 9.68. The molecule has 0 aromatic heterocycles. The molecule has 1 aromatic carbocycles. The molecule has 0 aliphatic heterocycles. The summed E-state index contributed by atoms with van der Waals surface area (Å²) in [6, 6.07) is 5.83. The van der Waals surface area contributed by atoms with Gasteiger partial charge in [-0.1, -0.05) is 11.8 Å². The van der Waals surface area contributed by atoms with E-state index in [2.05, 4.69) is 24.5 Å². The summed E-state index contributed by atoms with van der Waals surface area (Å²) in [7, 11) is 0. The Morgan fingerprint density at radius 3 is 2.85 bits per heavy atom. The summed E-state index contributed by atoms with van der Waals surface area (Å²) in [6.07, 6.45) is 0.826. The number of rotatable bonds is 1. The van der Waals surface area contributed by atoms with E-state index in [1.165, 1.54) is 0 Å². The minimum absolute atomic E-state index is 0.807. The molecule has 0 radical (unpaired) electrons. The van der Waals surface area contributed by atoms with Crippen molar-refractivity contribution in [2.75, 3.05) is 11.5 Å². The van der Waals surface area contributed by atoms with Crippen LogP contribution in [0.2, 0.25) is 0 Å². The molecule has 0 atom stereocenters. The maximum atomic E-state index is 5.68. The zero-order valence-corrected chi connectivity index (χ0v) is 8.57. The molecule has 0 bridgehead atoms. The van der Waals surface area contributed by atoms with Crippen molar-refractivity contribution in [3.8, 4) is 11.8 Å². The van der Waals surface area contributed by atoms with Crippen LogP contribution in [0.4, 0.5) is 5.69 Å². The van der Waals surface area contributed by atoms with Gasteiger partial charge in [0, 0.05) is 23.4 Å². The lowest BCUT2D eigenvalue weighted by Gasteiger charge is -1.98. The number of nitrogens with two attached hydrogens (primary N) is 1. The lowest BCUT2D eigenvalue weighted by atomic mass is 10.1. The van der Waals surface area contributed by atoms with Crippen molar-refractivity contribution in [1.82, 2.24) is 0 Å². The van der Waals surface area contributed by atoms with Gasteiger partial charge in [0.05, 0.1) is 0 Å². The van der Waals surface area contributed by atoms with Gasteiger partial charge in [-0.3, -0.25) is 0 Å². The van der Waals surface area contributed by atoms with E-state index in [-0.39, 0.29) is 0 Å². The fourth-order valence-electron chi connectivity index (χ4n) is 0.974. The first kappa shape index (κ1) is 10.0. The van der Waals surface area contributed by atoms with Crippen molar-refractivity contribution in [3.63, 3.8) is 0 Å². The van der Waals surface area contributed by atoms with Crippen molar-refractivity contribution in [1.29, 1.82) is 0 Å². The van der Waals surface area contributed by atoms with E-state index in [1.807, 2.05) is 25.1 Å². The van der Waals surface area contributed by atoms with E-state index in [0.29, 0.717) is 0 Å². The van der Waals surface area contributed by atoms with E-state index < -0.39 is 0 Å². The first-order valence-corrected chi connectivity index (χ1v) is 4.83. The fraction of sp³-hybridized carbons (Fsp3) is 0.273. The number of hydrogen-bond acceptors (Lipinski definition) is 2. The molecule has 0 saturated heterocycles. The third kappa shape index (κ3) is 3.04. The van der Waals surface area contributed by atoms with E-state index >= 15 is 0 Å².